The third-order valence-corrected chi connectivity index (χ3v) is 2.47. The van der Waals surface area contributed by atoms with Crippen molar-refractivity contribution in [1.29, 1.82) is 0 Å². The Kier molecular flexibility index (Phi) is 6.27. The minimum atomic E-state index is -0.334. The van der Waals surface area contributed by atoms with Crippen LogP contribution in [0.15, 0.2) is 18.3 Å². The average molecular weight is 252 g/mol. The molecule has 18 heavy (non-hydrogen) atoms. The zero-order valence-electron chi connectivity index (χ0n) is 10.8. The first kappa shape index (κ1) is 14.6. The van der Waals surface area contributed by atoms with Gasteiger partial charge in [0.2, 0.25) is 0 Å². The van der Waals surface area contributed by atoms with E-state index in [-0.39, 0.29) is 5.91 Å². The van der Waals surface area contributed by atoms with Gasteiger partial charge in [-0.05, 0) is 26.1 Å². The van der Waals surface area contributed by atoms with Gasteiger partial charge in [0.25, 0.3) is 5.91 Å². The van der Waals surface area contributed by atoms with Crippen molar-refractivity contribution in [3.8, 4) is 0 Å². The van der Waals surface area contributed by atoms with Crippen molar-refractivity contribution in [1.82, 2.24) is 15.3 Å². The summed E-state index contributed by atoms with van der Waals surface area (Å²) in [7, 11) is 2.00. The topological polar surface area (TPSA) is 80.5 Å². The summed E-state index contributed by atoms with van der Waals surface area (Å²) in [6, 6.07) is 3.53. The number of pyridine rings is 1. The van der Waals surface area contributed by atoms with Gasteiger partial charge in [-0.2, -0.15) is 0 Å². The molecule has 0 aliphatic carbocycles. The Labute approximate surface area is 107 Å². The normalized spacial score (nSPS) is 10.7. The number of nitrogens with two attached hydrogens (primary N) is 1. The molecule has 1 heterocycles. The first-order chi connectivity index (χ1) is 8.67. The van der Waals surface area contributed by atoms with E-state index in [2.05, 4.69) is 15.3 Å². The van der Waals surface area contributed by atoms with E-state index < -0.39 is 0 Å². The summed E-state index contributed by atoms with van der Waals surface area (Å²) in [4.78, 5) is 17.5. The van der Waals surface area contributed by atoms with Gasteiger partial charge in [-0.25, -0.2) is 5.84 Å². The molecule has 0 atom stereocenters. The summed E-state index contributed by atoms with van der Waals surface area (Å²) in [5.41, 5.74) is 3.43. The number of hydrogen-bond donors (Lipinski definition) is 2. The van der Waals surface area contributed by atoms with Crippen LogP contribution in [-0.4, -0.2) is 42.6 Å². The second-order valence-electron chi connectivity index (χ2n) is 3.95. The molecule has 1 aromatic rings. The average Bonchev–Trinajstić information content (AvgIpc) is 2.39. The summed E-state index contributed by atoms with van der Waals surface area (Å²) >= 11 is 0. The molecule has 0 saturated carbocycles. The van der Waals surface area contributed by atoms with Crippen LogP contribution in [-0.2, 0) is 11.3 Å². The van der Waals surface area contributed by atoms with Gasteiger partial charge in [-0.15, -0.1) is 0 Å². The molecule has 0 saturated heterocycles. The van der Waals surface area contributed by atoms with Gasteiger partial charge in [0.1, 0.15) is 0 Å². The van der Waals surface area contributed by atoms with Crippen LogP contribution in [0, 0.1) is 0 Å². The number of likely N-dealkylation sites (N-methyl/N-ethyl adjacent to an activating group) is 1. The van der Waals surface area contributed by atoms with Crippen molar-refractivity contribution in [2.75, 3.05) is 26.8 Å². The molecule has 0 aliphatic heterocycles. The van der Waals surface area contributed by atoms with Gasteiger partial charge < -0.3 is 4.74 Å². The maximum atomic E-state index is 11.2. The third-order valence-electron chi connectivity index (χ3n) is 2.47. The van der Waals surface area contributed by atoms with Crippen LogP contribution in [0.5, 0.6) is 0 Å². The van der Waals surface area contributed by atoms with E-state index in [1.165, 1.54) is 6.20 Å². The first-order valence-electron chi connectivity index (χ1n) is 5.89. The predicted octanol–water partition coefficient (Wildman–Crippen LogP) is 0.153. The molecule has 1 aromatic heterocycles. The van der Waals surface area contributed by atoms with Crippen LogP contribution >= 0.6 is 0 Å². The van der Waals surface area contributed by atoms with Crippen molar-refractivity contribution < 1.29 is 9.53 Å². The highest BCUT2D eigenvalue weighted by Crippen LogP contribution is 2.02. The van der Waals surface area contributed by atoms with Gasteiger partial charge in [0.15, 0.2) is 0 Å². The highest BCUT2D eigenvalue weighted by atomic mass is 16.5. The van der Waals surface area contributed by atoms with E-state index in [0.29, 0.717) is 12.2 Å². The number of carbonyl (C=O) groups is 1. The van der Waals surface area contributed by atoms with Gasteiger partial charge in [0.05, 0.1) is 17.9 Å². The SMILES string of the molecule is CCOCCN(C)Cc1ccc(C(=O)NN)cn1. The van der Waals surface area contributed by atoms with E-state index in [0.717, 1.165) is 25.4 Å². The van der Waals surface area contributed by atoms with Crippen molar-refractivity contribution >= 4 is 5.91 Å². The number of amides is 1. The molecule has 3 N–H and O–H groups in total. The Bertz CT molecular complexity index is 367. The largest absolute Gasteiger partial charge is 0.380 e. The lowest BCUT2D eigenvalue weighted by atomic mass is 10.2. The molecule has 1 rings (SSSR count). The van der Waals surface area contributed by atoms with Crippen LogP contribution in [0.2, 0.25) is 0 Å². The maximum absolute atomic E-state index is 11.2. The Morgan fingerprint density at radius 1 is 1.56 bits per heavy atom. The maximum Gasteiger partial charge on any atom is 0.266 e. The summed E-state index contributed by atoms with van der Waals surface area (Å²) in [5.74, 6) is 4.71. The van der Waals surface area contributed by atoms with Gasteiger partial charge in [-0.3, -0.25) is 20.1 Å². The van der Waals surface area contributed by atoms with Crippen LogP contribution in [0.1, 0.15) is 23.0 Å². The van der Waals surface area contributed by atoms with Gasteiger partial charge in [0, 0.05) is 25.9 Å². The standard InChI is InChI=1S/C12H20N4O2/c1-3-18-7-6-16(2)9-11-5-4-10(8-14-11)12(17)15-13/h4-5,8H,3,6-7,9,13H2,1-2H3,(H,15,17). The van der Waals surface area contributed by atoms with Crippen LogP contribution < -0.4 is 11.3 Å². The number of nitrogen functional groups attached to an aromatic ring is 1. The van der Waals surface area contributed by atoms with E-state index in [9.17, 15) is 4.79 Å². The lowest BCUT2D eigenvalue weighted by Crippen LogP contribution is -2.30. The van der Waals surface area contributed by atoms with Crippen molar-refractivity contribution in [3.05, 3.63) is 29.6 Å². The fourth-order valence-electron chi connectivity index (χ4n) is 1.46. The third kappa shape index (κ3) is 4.79. The van der Waals surface area contributed by atoms with E-state index >= 15 is 0 Å². The molecule has 0 radical (unpaired) electrons. The van der Waals surface area contributed by atoms with E-state index in [1.54, 1.807) is 6.07 Å². The fraction of sp³-hybridized carbons (Fsp3) is 0.500. The molecule has 6 nitrogen and oxygen atoms in total. The molecule has 0 aromatic carbocycles. The minimum absolute atomic E-state index is 0.334. The molecule has 0 aliphatic rings. The Hall–Kier alpha value is -1.50. The number of carbonyl (C=O) groups excluding carboxylic acids is 1. The second-order valence-corrected chi connectivity index (χ2v) is 3.95. The number of hydrogen-bond acceptors (Lipinski definition) is 5. The molecule has 0 spiro atoms. The number of nitrogens with one attached hydrogen (secondary N) is 1. The van der Waals surface area contributed by atoms with Crippen molar-refractivity contribution in [2.45, 2.75) is 13.5 Å². The van der Waals surface area contributed by atoms with Crippen LogP contribution in [0.25, 0.3) is 0 Å². The fourth-order valence-corrected chi connectivity index (χ4v) is 1.46. The zero-order valence-corrected chi connectivity index (χ0v) is 10.8. The highest BCUT2D eigenvalue weighted by Gasteiger charge is 2.05. The molecule has 6 heteroatoms. The molecule has 0 bridgehead atoms. The number of hydrazine groups is 1. The summed E-state index contributed by atoms with van der Waals surface area (Å²) in [5, 5.41) is 0. The number of nitrogens with zero attached hydrogens (tertiary/aromatic N) is 2. The van der Waals surface area contributed by atoms with Crippen LogP contribution in [0.3, 0.4) is 0 Å². The minimum Gasteiger partial charge on any atom is -0.380 e. The lowest BCUT2D eigenvalue weighted by Gasteiger charge is -2.15. The molecule has 1 amide bonds. The zero-order chi connectivity index (χ0) is 13.4. The quantitative estimate of drug-likeness (QED) is 0.312. The predicted molar refractivity (Wildman–Crippen MR) is 68.7 cm³/mol. The number of aromatic nitrogens is 1. The summed E-state index contributed by atoms with van der Waals surface area (Å²) in [6.07, 6.45) is 1.52. The monoisotopic (exact) mass is 252 g/mol. The van der Waals surface area contributed by atoms with E-state index in [1.807, 2.05) is 20.0 Å². The van der Waals surface area contributed by atoms with Crippen molar-refractivity contribution in [3.63, 3.8) is 0 Å². The molecule has 0 fully saturated rings. The number of ether oxygens (including phenoxy) is 1. The lowest BCUT2D eigenvalue weighted by molar-refractivity contribution is 0.0953. The first-order valence-corrected chi connectivity index (χ1v) is 5.89. The Balaban J connectivity index is 2.45. The van der Waals surface area contributed by atoms with E-state index in [4.69, 9.17) is 10.6 Å². The smallest absolute Gasteiger partial charge is 0.266 e. The van der Waals surface area contributed by atoms with Crippen LogP contribution in [0.4, 0.5) is 0 Å². The number of rotatable bonds is 7. The Morgan fingerprint density at radius 3 is 2.89 bits per heavy atom. The second kappa shape index (κ2) is 7.75. The summed E-state index contributed by atoms with van der Waals surface area (Å²) in [6.45, 7) is 4.98. The Morgan fingerprint density at radius 2 is 2.33 bits per heavy atom. The molecular formula is C12H20N4O2. The van der Waals surface area contributed by atoms with Gasteiger partial charge in [-0.1, -0.05) is 0 Å². The molecular weight excluding hydrogens is 232 g/mol. The summed E-state index contributed by atoms with van der Waals surface area (Å²) < 4.78 is 5.28. The van der Waals surface area contributed by atoms with Crippen molar-refractivity contribution in [2.24, 2.45) is 5.84 Å². The van der Waals surface area contributed by atoms with Gasteiger partial charge >= 0.3 is 0 Å². The molecule has 0 unspecified atom stereocenters. The highest BCUT2D eigenvalue weighted by molar-refractivity contribution is 5.93. The molecule has 100 valence electrons.